The van der Waals surface area contributed by atoms with Crippen LogP contribution in [0.3, 0.4) is 0 Å². The summed E-state index contributed by atoms with van der Waals surface area (Å²) < 4.78 is 11.9. The molecule has 0 radical (unpaired) electrons. The number of carbonyl (C=O) groups is 1. The zero-order valence-corrected chi connectivity index (χ0v) is 11.9. The van der Waals surface area contributed by atoms with Gasteiger partial charge in [0.1, 0.15) is 0 Å². The van der Waals surface area contributed by atoms with E-state index in [1.165, 1.54) is 0 Å². The van der Waals surface area contributed by atoms with Gasteiger partial charge in [-0.1, -0.05) is 50.6 Å². The largest absolute Gasteiger partial charge is 0.298 e. The van der Waals surface area contributed by atoms with Gasteiger partial charge < -0.3 is 0 Å². The van der Waals surface area contributed by atoms with Crippen LogP contribution in [0.15, 0.2) is 24.3 Å². The van der Waals surface area contributed by atoms with Crippen molar-refractivity contribution in [2.24, 2.45) is 5.41 Å². The van der Waals surface area contributed by atoms with E-state index < -0.39 is 16.2 Å². The van der Waals surface area contributed by atoms with Gasteiger partial charge in [-0.05, 0) is 11.6 Å². The molecule has 2 nitrogen and oxygen atoms in total. The third kappa shape index (κ3) is 4.60. The molecule has 0 spiro atoms. The highest BCUT2D eigenvalue weighted by Gasteiger charge is 2.23. The molecule has 0 heterocycles. The molecule has 0 amide bonds. The molecular formula is C13H17ClO2S. The van der Waals surface area contributed by atoms with Gasteiger partial charge in [0.05, 0.1) is 11.5 Å². The molecule has 0 bridgehead atoms. The van der Waals surface area contributed by atoms with Crippen LogP contribution >= 0.6 is 11.6 Å². The standard InChI is InChI=1S/C13H17ClO2S/c1-13(2,3)12(15)9-17(16)8-10-6-4-5-7-11(10)14/h4-7H,8-9H2,1-3H3. The lowest BCUT2D eigenvalue weighted by Crippen LogP contribution is -2.26. The molecule has 0 aromatic heterocycles. The second-order valence-electron chi connectivity index (χ2n) is 4.99. The number of benzene rings is 1. The molecule has 0 N–H and O–H groups in total. The van der Waals surface area contributed by atoms with Crippen LogP contribution in [0.2, 0.25) is 5.02 Å². The molecule has 0 aliphatic rings. The highest BCUT2D eigenvalue weighted by atomic mass is 35.5. The second-order valence-corrected chi connectivity index (χ2v) is 6.86. The molecule has 17 heavy (non-hydrogen) atoms. The maximum absolute atomic E-state index is 11.9. The van der Waals surface area contributed by atoms with Gasteiger partial charge in [-0.25, -0.2) is 0 Å². The fourth-order valence-electron chi connectivity index (χ4n) is 1.20. The number of hydrogen-bond acceptors (Lipinski definition) is 2. The Hall–Kier alpha value is -0.670. The maximum Gasteiger partial charge on any atom is 0.150 e. The summed E-state index contributed by atoms with van der Waals surface area (Å²) in [6, 6.07) is 7.28. The lowest BCUT2D eigenvalue weighted by molar-refractivity contribution is -0.123. The average molecular weight is 273 g/mol. The third-order valence-electron chi connectivity index (χ3n) is 2.40. The first-order chi connectivity index (χ1) is 7.80. The summed E-state index contributed by atoms with van der Waals surface area (Å²) in [5, 5.41) is 0.601. The van der Waals surface area contributed by atoms with Crippen LogP contribution in [-0.4, -0.2) is 15.7 Å². The zero-order chi connectivity index (χ0) is 13.1. The van der Waals surface area contributed by atoms with E-state index in [4.69, 9.17) is 11.6 Å². The normalized spacial score (nSPS) is 13.4. The van der Waals surface area contributed by atoms with Crippen molar-refractivity contribution in [2.75, 3.05) is 5.75 Å². The number of Topliss-reactive ketones (excluding diaryl/α,β-unsaturated/α-hetero) is 1. The fraction of sp³-hybridized carbons (Fsp3) is 0.462. The van der Waals surface area contributed by atoms with Gasteiger partial charge in [-0.15, -0.1) is 0 Å². The Bertz CT molecular complexity index is 435. The molecule has 4 heteroatoms. The van der Waals surface area contributed by atoms with E-state index in [1.54, 1.807) is 6.07 Å². The van der Waals surface area contributed by atoms with Crippen molar-refractivity contribution in [3.05, 3.63) is 34.9 Å². The van der Waals surface area contributed by atoms with E-state index in [9.17, 15) is 9.00 Å². The van der Waals surface area contributed by atoms with Crippen molar-refractivity contribution < 1.29 is 9.00 Å². The quantitative estimate of drug-likeness (QED) is 0.843. The zero-order valence-electron chi connectivity index (χ0n) is 10.3. The van der Waals surface area contributed by atoms with Crippen molar-refractivity contribution in [3.8, 4) is 0 Å². The van der Waals surface area contributed by atoms with E-state index in [1.807, 2.05) is 39.0 Å². The summed E-state index contributed by atoms with van der Waals surface area (Å²) in [5.41, 5.74) is 0.394. The van der Waals surface area contributed by atoms with Gasteiger partial charge in [0, 0.05) is 21.2 Å². The van der Waals surface area contributed by atoms with Crippen molar-refractivity contribution in [1.82, 2.24) is 0 Å². The topological polar surface area (TPSA) is 34.1 Å². The molecule has 1 aromatic rings. The molecule has 0 aliphatic carbocycles. The minimum atomic E-state index is -1.19. The summed E-state index contributed by atoms with van der Waals surface area (Å²) in [6.07, 6.45) is 0. The summed E-state index contributed by atoms with van der Waals surface area (Å²) >= 11 is 5.98. The van der Waals surface area contributed by atoms with E-state index >= 15 is 0 Å². The smallest absolute Gasteiger partial charge is 0.150 e. The van der Waals surface area contributed by atoms with Crippen molar-refractivity contribution >= 4 is 28.2 Å². The Morgan fingerprint density at radius 2 is 1.88 bits per heavy atom. The third-order valence-corrected chi connectivity index (χ3v) is 3.99. The van der Waals surface area contributed by atoms with Gasteiger partial charge in [0.25, 0.3) is 0 Å². The summed E-state index contributed by atoms with van der Waals surface area (Å²) in [6.45, 7) is 5.51. The van der Waals surface area contributed by atoms with Gasteiger partial charge >= 0.3 is 0 Å². The van der Waals surface area contributed by atoms with Crippen molar-refractivity contribution in [1.29, 1.82) is 0 Å². The van der Waals surface area contributed by atoms with Gasteiger partial charge in [-0.2, -0.15) is 0 Å². The molecule has 0 saturated carbocycles. The first-order valence-corrected chi connectivity index (χ1v) is 7.29. The van der Waals surface area contributed by atoms with Gasteiger partial charge in [0.2, 0.25) is 0 Å². The first-order valence-electron chi connectivity index (χ1n) is 5.42. The molecule has 1 rings (SSSR count). The highest BCUT2D eigenvalue weighted by molar-refractivity contribution is 7.84. The van der Waals surface area contributed by atoms with Gasteiger partial charge in [0.15, 0.2) is 5.78 Å². The van der Waals surface area contributed by atoms with E-state index in [-0.39, 0.29) is 11.5 Å². The number of ketones is 1. The van der Waals surface area contributed by atoms with Crippen LogP contribution in [-0.2, 0) is 21.3 Å². The summed E-state index contributed by atoms with van der Waals surface area (Å²) in [7, 11) is -1.19. The predicted molar refractivity (Wildman–Crippen MR) is 72.6 cm³/mol. The minimum absolute atomic E-state index is 0.0166. The molecule has 1 atom stereocenters. The monoisotopic (exact) mass is 272 g/mol. The minimum Gasteiger partial charge on any atom is -0.298 e. The maximum atomic E-state index is 11.9. The fourth-order valence-corrected chi connectivity index (χ4v) is 2.91. The molecule has 0 saturated heterocycles. The molecule has 0 aliphatic heterocycles. The number of carbonyl (C=O) groups excluding carboxylic acids is 1. The summed E-state index contributed by atoms with van der Waals surface area (Å²) in [4.78, 5) is 11.7. The van der Waals surface area contributed by atoms with E-state index in [0.717, 1.165) is 5.56 Å². The molecular weight excluding hydrogens is 256 g/mol. The Morgan fingerprint density at radius 1 is 1.29 bits per heavy atom. The first kappa shape index (κ1) is 14.4. The summed E-state index contributed by atoms with van der Waals surface area (Å²) in [5.74, 6) is 0.443. The average Bonchev–Trinajstić information content (AvgIpc) is 2.20. The van der Waals surface area contributed by atoms with Crippen LogP contribution in [0.1, 0.15) is 26.3 Å². The Kier molecular flexibility index (Phi) is 4.90. The number of rotatable bonds is 4. The van der Waals surface area contributed by atoms with Gasteiger partial charge in [-0.3, -0.25) is 9.00 Å². The van der Waals surface area contributed by atoms with Crippen LogP contribution in [0.25, 0.3) is 0 Å². The van der Waals surface area contributed by atoms with Crippen molar-refractivity contribution in [3.63, 3.8) is 0 Å². The SMILES string of the molecule is CC(C)(C)C(=O)CS(=O)Cc1ccccc1Cl. The lowest BCUT2D eigenvalue weighted by atomic mass is 9.92. The van der Waals surface area contributed by atoms with E-state index in [2.05, 4.69) is 0 Å². The van der Waals surface area contributed by atoms with Crippen LogP contribution in [0.5, 0.6) is 0 Å². The highest BCUT2D eigenvalue weighted by Crippen LogP contribution is 2.19. The molecule has 0 fully saturated rings. The van der Waals surface area contributed by atoms with Crippen LogP contribution < -0.4 is 0 Å². The molecule has 94 valence electrons. The Morgan fingerprint density at radius 3 is 2.41 bits per heavy atom. The number of halogens is 1. The van der Waals surface area contributed by atoms with Crippen LogP contribution in [0, 0.1) is 5.41 Å². The van der Waals surface area contributed by atoms with Crippen molar-refractivity contribution in [2.45, 2.75) is 26.5 Å². The second kappa shape index (κ2) is 5.78. The number of hydrogen-bond donors (Lipinski definition) is 0. The Balaban J connectivity index is 2.63. The van der Waals surface area contributed by atoms with Crippen LogP contribution in [0.4, 0.5) is 0 Å². The predicted octanol–water partition coefficient (Wildman–Crippen LogP) is 3.20. The molecule has 1 unspecified atom stereocenters. The van der Waals surface area contributed by atoms with E-state index in [0.29, 0.717) is 10.8 Å². The molecule has 1 aromatic carbocycles. The Labute approximate surface area is 110 Å². The lowest BCUT2D eigenvalue weighted by Gasteiger charge is -2.16.